The summed E-state index contributed by atoms with van der Waals surface area (Å²) in [6.45, 7) is 0.555. The molecule has 2 heterocycles. The Balaban J connectivity index is 2.27. The van der Waals surface area contributed by atoms with Crippen molar-refractivity contribution in [2.24, 2.45) is 5.73 Å². The van der Waals surface area contributed by atoms with E-state index in [9.17, 15) is 4.79 Å². The van der Waals surface area contributed by atoms with E-state index in [-0.39, 0.29) is 11.9 Å². The van der Waals surface area contributed by atoms with Crippen molar-refractivity contribution in [1.82, 2.24) is 4.98 Å². The second kappa shape index (κ2) is 3.55. The van der Waals surface area contributed by atoms with Crippen LogP contribution in [0.1, 0.15) is 6.42 Å². The van der Waals surface area contributed by atoms with Gasteiger partial charge in [0, 0.05) is 30.9 Å². The lowest BCUT2D eigenvalue weighted by molar-refractivity contribution is -0.117. The molecule has 14 heavy (non-hydrogen) atoms. The van der Waals surface area contributed by atoms with Crippen LogP contribution >= 0.6 is 11.6 Å². The molecular formula is C9H10ClN3O. The number of nitrogens with zero attached hydrogens (tertiary/aromatic N) is 2. The Morgan fingerprint density at radius 2 is 2.43 bits per heavy atom. The molecule has 5 heteroatoms. The second-order valence-corrected chi connectivity index (χ2v) is 3.69. The van der Waals surface area contributed by atoms with Crippen LogP contribution in [0.15, 0.2) is 18.3 Å². The van der Waals surface area contributed by atoms with Gasteiger partial charge in [0.15, 0.2) is 0 Å². The largest absolute Gasteiger partial charge is 0.326 e. The summed E-state index contributed by atoms with van der Waals surface area (Å²) in [5.74, 6) is 0.0415. The molecule has 0 saturated carbocycles. The number of rotatable bonds is 1. The van der Waals surface area contributed by atoms with Crippen LogP contribution in [0.25, 0.3) is 0 Å². The van der Waals surface area contributed by atoms with E-state index in [0.717, 1.165) is 5.69 Å². The van der Waals surface area contributed by atoms with Gasteiger partial charge in [-0.3, -0.25) is 4.79 Å². The van der Waals surface area contributed by atoms with Gasteiger partial charge in [0.05, 0.1) is 0 Å². The zero-order chi connectivity index (χ0) is 10.1. The van der Waals surface area contributed by atoms with Gasteiger partial charge in [-0.15, -0.1) is 0 Å². The lowest BCUT2D eigenvalue weighted by Gasteiger charge is -2.15. The molecule has 74 valence electrons. The van der Waals surface area contributed by atoms with Gasteiger partial charge in [-0.25, -0.2) is 4.98 Å². The van der Waals surface area contributed by atoms with E-state index in [1.54, 1.807) is 23.2 Å². The third-order valence-corrected chi connectivity index (χ3v) is 2.38. The van der Waals surface area contributed by atoms with E-state index in [1.165, 1.54) is 0 Å². The Labute approximate surface area is 86.7 Å². The normalized spacial score (nSPS) is 21.7. The van der Waals surface area contributed by atoms with Crippen LogP contribution in [0.4, 0.5) is 5.69 Å². The highest BCUT2D eigenvalue weighted by atomic mass is 35.5. The van der Waals surface area contributed by atoms with Gasteiger partial charge in [0.25, 0.3) is 0 Å². The number of nitrogens with two attached hydrogens (primary N) is 1. The average Bonchev–Trinajstić information content (AvgIpc) is 2.45. The van der Waals surface area contributed by atoms with E-state index >= 15 is 0 Å². The molecule has 0 aliphatic carbocycles. The summed E-state index contributed by atoms with van der Waals surface area (Å²) in [6, 6.07) is 3.34. The van der Waals surface area contributed by atoms with Gasteiger partial charge < -0.3 is 10.6 Å². The molecular weight excluding hydrogens is 202 g/mol. The van der Waals surface area contributed by atoms with Crippen molar-refractivity contribution < 1.29 is 4.79 Å². The van der Waals surface area contributed by atoms with Gasteiger partial charge in [0.2, 0.25) is 5.91 Å². The van der Waals surface area contributed by atoms with Gasteiger partial charge in [-0.1, -0.05) is 11.6 Å². The van der Waals surface area contributed by atoms with Crippen molar-refractivity contribution in [3.05, 3.63) is 23.5 Å². The number of carbonyl (C=O) groups is 1. The Morgan fingerprint density at radius 1 is 1.64 bits per heavy atom. The summed E-state index contributed by atoms with van der Waals surface area (Å²) in [6.07, 6.45) is 1.98. The van der Waals surface area contributed by atoms with Crippen LogP contribution in [0.5, 0.6) is 0 Å². The SMILES string of the molecule is NC1CC(=O)N(c2ccnc(Cl)c2)C1. The Kier molecular flexibility index (Phi) is 2.39. The highest BCUT2D eigenvalue weighted by Crippen LogP contribution is 2.22. The van der Waals surface area contributed by atoms with Gasteiger partial charge in [-0.2, -0.15) is 0 Å². The minimum absolute atomic E-state index is 0.0415. The Morgan fingerprint density at radius 3 is 3.00 bits per heavy atom. The zero-order valence-electron chi connectivity index (χ0n) is 7.48. The molecule has 1 saturated heterocycles. The number of carbonyl (C=O) groups excluding carboxylic acids is 1. The van der Waals surface area contributed by atoms with Crippen LogP contribution in [-0.2, 0) is 4.79 Å². The Hall–Kier alpha value is -1.13. The smallest absolute Gasteiger partial charge is 0.228 e. The number of aromatic nitrogens is 1. The molecule has 1 atom stereocenters. The fraction of sp³-hybridized carbons (Fsp3) is 0.333. The zero-order valence-corrected chi connectivity index (χ0v) is 8.24. The molecule has 0 radical (unpaired) electrons. The quantitative estimate of drug-likeness (QED) is 0.699. The third-order valence-electron chi connectivity index (χ3n) is 2.18. The molecule has 1 unspecified atom stereocenters. The highest BCUT2D eigenvalue weighted by molar-refractivity contribution is 6.29. The van der Waals surface area contributed by atoms with Gasteiger partial charge in [0.1, 0.15) is 5.15 Å². The van der Waals surface area contributed by atoms with E-state index in [0.29, 0.717) is 18.1 Å². The van der Waals surface area contributed by atoms with Crippen LogP contribution < -0.4 is 10.6 Å². The van der Waals surface area contributed by atoms with E-state index in [1.807, 2.05) is 0 Å². The maximum Gasteiger partial charge on any atom is 0.228 e. The molecule has 0 spiro atoms. The van der Waals surface area contributed by atoms with Crippen molar-refractivity contribution in [2.75, 3.05) is 11.4 Å². The monoisotopic (exact) mass is 211 g/mol. The van der Waals surface area contributed by atoms with Crippen LogP contribution in [0.3, 0.4) is 0 Å². The number of halogens is 1. The maximum atomic E-state index is 11.5. The van der Waals surface area contributed by atoms with Crippen LogP contribution in [0.2, 0.25) is 5.15 Å². The first-order valence-corrected chi connectivity index (χ1v) is 4.72. The summed E-state index contributed by atoms with van der Waals surface area (Å²) in [7, 11) is 0. The Bertz CT molecular complexity index is 369. The highest BCUT2D eigenvalue weighted by Gasteiger charge is 2.27. The predicted octanol–water partition coefficient (Wildman–Crippen LogP) is 0.799. The van der Waals surface area contributed by atoms with Crippen molar-refractivity contribution in [3.63, 3.8) is 0 Å². The standard InChI is InChI=1S/C9H10ClN3O/c10-8-4-7(1-2-12-8)13-5-6(11)3-9(13)14/h1-2,4,6H,3,5,11H2. The first-order valence-electron chi connectivity index (χ1n) is 4.34. The summed E-state index contributed by atoms with van der Waals surface area (Å²) in [5, 5.41) is 0.385. The van der Waals surface area contributed by atoms with Crippen molar-refractivity contribution >= 4 is 23.2 Å². The maximum absolute atomic E-state index is 11.5. The molecule has 1 aromatic heterocycles. The summed E-state index contributed by atoms with van der Waals surface area (Å²) < 4.78 is 0. The minimum atomic E-state index is -0.0746. The third kappa shape index (κ3) is 1.71. The molecule has 1 amide bonds. The summed E-state index contributed by atoms with van der Waals surface area (Å²) in [5.41, 5.74) is 6.45. The molecule has 2 rings (SSSR count). The number of anilines is 1. The lowest BCUT2D eigenvalue weighted by atomic mass is 10.3. The van der Waals surface area contributed by atoms with Gasteiger partial charge in [-0.05, 0) is 12.1 Å². The van der Waals surface area contributed by atoms with Crippen molar-refractivity contribution in [2.45, 2.75) is 12.5 Å². The van der Waals surface area contributed by atoms with Crippen molar-refractivity contribution in [1.29, 1.82) is 0 Å². The van der Waals surface area contributed by atoms with E-state index in [2.05, 4.69) is 4.98 Å². The number of hydrogen-bond acceptors (Lipinski definition) is 3. The molecule has 1 aromatic rings. The van der Waals surface area contributed by atoms with E-state index in [4.69, 9.17) is 17.3 Å². The molecule has 2 N–H and O–H groups in total. The van der Waals surface area contributed by atoms with Crippen LogP contribution in [-0.4, -0.2) is 23.5 Å². The second-order valence-electron chi connectivity index (χ2n) is 3.31. The topological polar surface area (TPSA) is 59.2 Å². The number of amides is 1. The molecule has 1 aliphatic heterocycles. The first-order chi connectivity index (χ1) is 6.66. The fourth-order valence-corrected chi connectivity index (χ4v) is 1.71. The summed E-state index contributed by atoms with van der Waals surface area (Å²) >= 11 is 5.73. The minimum Gasteiger partial charge on any atom is -0.326 e. The fourth-order valence-electron chi connectivity index (χ4n) is 1.54. The molecule has 1 fully saturated rings. The number of hydrogen-bond donors (Lipinski definition) is 1. The molecule has 4 nitrogen and oxygen atoms in total. The first kappa shape index (κ1) is 9.43. The lowest BCUT2D eigenvalue weighted by Crippen LogP contribution is -2.27. The molecule has 0 bridgehead atoms. The summed E-state index contributed by atoms with van der Waals surface area (Å²) in [4.78, 5) is 17.0. The average molecular weight is 212 g/mol. The van der Waals surface area contributed by atoms with Crippen molar-refractivity contribution in [3.8, 4) is 0 Å². The predicted molar refractivity (Wildman–Crippen MR) is 54.2 cm³/mol. The van der Waals surface area contributed by atoms with Crippen LogP contribution in [0, 0.1) is 0 Å². The molecule has 1 aliphatic rings. The number of pyridine rings is 1. The van der Waals surface area contributed by atoms with Gasteiger partial charge >= 0.3 is 0 Å². The molecule has 0 aromatic carbocycles. The van der Waals surface area contributed by atoms with E-state index < -0.39 is 0 Å².